The van der Waals surface area contributed by atoms with E-state index in [1.165, 1.54) is 10.5 Å². The fraction of sp³-hybridized carbons (Fsp3) is 0.409. The molecule has 0 amide bonds. The van der Waals surface area contributed by atoms with Crippen LogP contribution >= 0.6 is 11.8 Å². The van der Waals surface area contributed by atoms with Gasteiger partial charge in [-0.15, -0.1) is 11.8 Å². The van der Waals surface area contributed by atoms with E-state index in [2.05, 4.69) is 58.6 Å². The Morgan fingerprint density at radius 3 is 2.65 bits per heavy atom. The number of carbonyl (C=O) groups is 1. The van der Waals surface area contributed by atoms with Gasteiger partial charge < -0.3 is 14.3 Å². The maximum atomic E-state index is 10.6. The number of furan rings is 1. The van der Waals surface area contributed by atoms with E-state index in [1.807, 2.05) is 11.8 Å². The third kappa shape index (κ3) is 3.99. The van der Waals surface area contributed by atoms with Gasteiger partial charge in [0.25, 0.3) is 0 Å². The van der Waals surface area contributed by atoms with Crippen LogP contribution in [0.15, 0.2) is 33.6 Å². The van der Waals surface area contributed by atoms with Crippen molar-refractivity contribution in [1.82, 2.24) is 0 Å². The average molecular weight is 367 g/mol. The van der Waals surface area contributed by atoms with Crippen molar-refractivity contribution in [3.05, 3.63) is 52.5 Å². The third-order valence-electron chi connectivity index (χ3n) is 4.61. The van der Waals surface area contributed by atoms with Crippen LogP contribution in [-0.4, -0.2) is 10.7 Å². The number of benzene rings is 1. The molecule has 3 rings (SSSR count). The van der Waals surface area contributed by atoms with Crippen molar-refractivity contribution in [2.24, 2.45) is 0 Å². The van der Waals surface area contributed by atoms with E-state index >= 15 is 0 Å². The van der Waals surface area contributed by atoms with Gasteiger partial charge in [-0.1, -0.05) is 33.6 Å². The van der Waals surface area contributed by atoms with Crippen molar-refractivity contribution in [3.63, 3.8) is 0 Å². The van der Waals surface area contributed by atoms with Gasteiger partial charge in [0.05, 0.1) is 0 Å². The molecule has 0 saturated carbocycles. The van der Waals surface area contributed by atoms with Gasteiger partial charge in [-0.25, -0.2) is 0 Å². The zero-order chi connectivity index (χ0) is 19.1. The second kappa shape index (κ2) is 6.55. The molecular weight excluding hydrogens is 344 g/mol. The van der Waals surface area contributed by atoms with Crippen LogP contribution in [0.2, 0.25) is 0 Å². The first-order valence-corrected chi connectivity index (χ1v) is 9.52. The van der Waals surface area contributed by atoms with Gasteiger partial charge in [-0.2, -0.15) is 0 Å². The van der Waals surface area contributed by atoms with E-state index in [0.29, 0.717) is 11.5 Å². The first-order chi connectivity index (χ1) is 12.1. The number of carboxylic acids is 1. The maximum absolute atomic E-state index is 10.6. The summed E-state index contributed by atoms with van der Waals surface area (Å²) in [6.45, 7) is 11.2. The van der Waals surface area contributed by atoms with Crippen LogP contribution in [0.25, 0.3) is 0 Å². The van der Waals surface area contributed by atoms with Gasteiger partial charge in [-0.3, -0.25) is 0 Å². The van der Waals surface area contributed by atoms with Crippen LogP contribution in [0.3, 0.4) is 0 Å². The molecule has 2 aromatic rings. The normalized spacial score (nSPS) is 17.1. The molecule has 1 aliphatic rings. The molecule has 0 atom stereocenters. The van der Waals surface area contributed by atoms with Crippen molar-refractivity contribution in [1.29, 1.82) is 0 Å². The Morgan fingerprint density at radius 1 is 1.23 bits per heavy atom. The van der Waals surface area contributed by atoms with E-state index in [9.17, 15) is 9.90 Å². The van der Waals surface area contributed by atoms with Crippen molar-refractivity contribution >= 4 is 17.7 Å². The number of thioether (sulfide) groups is 1. The molecule has 0 aliphatic carbocycles. The highest BCUT2D eigenvalue weighted by Crippen LogP contribution is 2.51. The van der Waals surface area contributed by atoms with Gasteiger partial charge in [0.2, 0.25) is 0 Å². The van der Waals surface area contributed by atoms with E-state index < -0.39 is 5.97 Å². The summed E-state index contributed by atoms with van der Waals surface area (Å²) in [5, 5.41) is 10.6. The average Bonchev–Trinajstić information content (AvgIpc) is 2.90. The Morgan fingerprint density at radius 2 is 1.96 bits per heavy atom. The number of aliphatic carboxylic acids is 1. The summed E-state index contributed by atoms with van der Waals surface area (Å²) in [5.74, 6) is 5.86. The molecule has 3 nitrogen and oxygen atoms in total. The Bertz CT molecular complexity index is 923. The second-order valence-corrected chi connectivity index (χ2v) is 9.90. The zero-order valence-electron chi connectivity index (χ0n) is 15.9. The number of fused-ring (bicyclic) bond motifs is 1. The fourth-order valence-corrected chi connectivity index (χ4v) is 5.44. The molecule has 0 spiro atoms. The quantitative estimate of drug-likeness (QED) is 0.757. The summed E-state index contributed by atoms with van der Waals surface area (Å²) < 4.78 is 5.66. The van der Waals surface area contributed by atoms with Gasteiger partial charge in [0.15, 0.2) is 5.76 Å². The maximum Gasteiger partial charge on any atom is 0.177 e. The first kappa shape index (κ1) is 18.7. The fourth-order valence-electron chi connectivity index (χ4n) is 3.73. The van der Waals surface area contributed by atoms with Crippen molar-refractivity contribution in [3.8, 4) is 11.8 Å². The zero-order valence-corrected chi connectivity index (χ0v) is 16.7. The smallest absolute Gasteiger partial charge is 0.177 e. The molecule has 1 aromatic heterocycles. The summed E-state index contributed by atoms with van der Waals surface area (Å²) in [6.07, 6.45) is 0.874. The van der Waals surface area contributed by atoms with Gasteiger partial charge in [-0.05, 0) is 60.1 Å². The Hall–Kier alpha value is -2.12. The number of carbonyl (C=O) groups excluding carboxylic acids is 1. The van der Waals surface area contributed by atoms with E-state index in [-0.39, 0.29) is 16.6 Å². The summed E-state index contributed by atoms with van der Waals surface area (Å²) in [6, 6.07) is 7.75. The van der Waals surface area contributed by atoms with Gasteiger partial charge >= 0.3 is 0 Å². The van der Waals surface area contributed by atoms with E-state index in [1.54, 1.807) is 12.1 Å². The molecule has 0 saturated heterocycles. The lowest BCUT2D eigenvalue weighted by molar-refractivity contribution is -0.305. The lowest BCUT2D eigenvalue weighted by Gasteiger charge is -2.42. The minimum atomic E-state index is -1.16. The highest BCUT2D eigenvalue weighted by atomic mass is 32.2. The minimum Gasteiger partial charge on any atom is -0.550 e. The molecule has 0 unspecified atom stereocenters. The van der Waals surface area contributed by atoms with Crippen LogP contribution in [-0.2, 0) is 16.6 Å². The molecule has 4 heteroatoms. The van der Waals surface area contributed by atoms with Gasteiger partial charge in [0, 0.05) is 27.6 Å². The lowest BCUT2D eigenvalue weighted by Crippen LogP contribution is -2.33. The lowest BCUT2D eigenvalue weighted by atomic mass is 9.76. The molecule has 2 heterocycles. The van der Waals surface area contributed by atoms with E-state index in [4.69, 9.17) is 4.42 Å². The highest BCUT2D eigenvalue weighted by Gasteiger charge is 2.38. The molecule has 26 heavy (non-hydrogen) atoms. The molecule has 0 fully saturated rings. The largest absolute Gasteiger partial charge is 0.550 e. The third-order valence-corrected chi connectivity index (χ3v) is 5.86. The number of hydrogen-bond acceptors (Lipinski definition) is 4. The summed E-state index contributed by atoms with van der Waals surface area (Å²) in [4.78, 5) is 12.0. The number of carboxylic acid groups (broad SMARTS) is 1. The van der Waals surface area contributed by atoms with Crippen molar-refractivity contribution in [2.75, 3.05) is 0 Å². The Balaban J connectivity index is 1.94. The SMILES string of the molecule is Cc1cc2c(cc1C#Cc1ccc(CC(=O)[O-])o1)C(C)(C)CC(C)(C)S2. The Kier molecular flexibility index (Phi) is 4.71. The minimum absolute atomic E-state index is 0.0978. The van der Waals surface area contributed by atoms with Crippen LogP contribution < -0.4 is 5.11 Å². The molecule has 1 aliphatic heterocycles. The second-order valence-electron chi connectivity index (χ2n) is 8.15. The van der Waals surface area contributed by atoms with E-state index in [0.717, 1.165) is 17.5 Å². The topological polar surface area (TPSA) is 53.3 Å². The molecular formula is C22H23O3S-. The van der Waals surface area contributed by atoms with Crippen molar-refractivity contribution in [2.45, 2.75) is 62.5 Å². The summed E-state index contributed by atoms with van der Waals surface area (Å²) in [7, 11) is 0. The number of hydrogen-bond donors (Lipinski definition) is 0. The molecule has 0 radical (unpaired) electrons. The molecule has 136 valence electrons. The number of rotatable bonds is 2. The monoisotopic (exact) mass is 367 g/mol. The predicted molar refractivity (Wildman–Crippen MR) is 102 cm³/mol. The molecule has 1 aromatic carbocycles. The van der Waals surface area contributed by atoms with Gasteiger partial charge in [0.1, 0.15) is 5.76 Å². The molecule has 0 N–H and O–H groups in total. The highest BCUT2D eigenvalue weighted by molar-refractivity contribution is 8.00. The van der Waals surface area contributed by atoms with Crippen LogP contribution in [0.5, 0.6) is 0 Å². The predicted octanol–water partition coefficient (Wildman–Crippen LogP) is 3.83. The number of aryl methyl sites for hydroxylation is 1. The standard InChI is InChI=1S/C22H24O3S/c1-14-10-19-18(21(2,3)13-22(4,5)26-19)11-15(14)6-7-16-8-9-17(25-16)12-20(23)24/h8-11H,12-13H2,1-5H3,(H,23,24)/p-1. The van der Waals surface area contributed by atoms with Crippen LogP contribution in [0, 0.1) is 18.8 Å². The Labute approximate surface area is 159 Å². The van der Waals surface area contributed by atoms with Crippen LogP contribution in [0.1, 0.15) is 62.3 Å². The van der Waals surface area contributed by atoms with Crippen molar-refractivity contribution < 1.29 is 14.3 Å². The molecule has 0 bridgehead atoms. The summed E-state index contributed by atoms with van der Waals surface area (Å²) in [5.41, 5.74) is 3.56. The first-order valence-electron chi connectivity index (χ1n) is 8.70. The summed E-state index contributed by atoms with van der Waals surface area (Å²) >= 11 is 1.93. The van der Waals surface area contributed by atoms with Crippen LogP contribution in [0.4, 0.5) is 0 Å².